The molecule has 0 bridgehead atoms. The maximum atomic E-state index is 12.9. The monoisotopic (exact) mass is 358 g/mol. The fourth-order valence-electron chi connectivity index (χ4n) is 3.29. The second-order valence-electron chi connectivity index (χ2n) is 6.77. The SMILES string of the molecule is Cc1ccc(C(CS(C)(=O)=O)N2Cc3cccc(N)c3C2=O)cc1C. The van der Waals surface area contributed by atoms with Gasteiger partial charge in [-0.2, -0.15) is 0 Å². The summed E-state index contributed by atoms with van der Waals surface area (Å²) in [4.78, 5) is 14.5. The predicted molar refractivity (Wildman–Crippen MR) is 99.1 cm³/mol. The van der Waals surface area contributed by atoms with E-state index >= 15 is 0 Å². The van der Waals surface area contributed by atoms with Crippen LogP contribution in [0.3, 0.4) is 0 Å². The number of carbonyl (C=O) groups is 1. The molecule has 2 aromatic rings. The van der Waals surface area contributed by atoms with E-state index in [1.807, 2.05) is 44.2 Å². The fraction of sp³-hybridized carbons (Fsp3) is 0.316. The van der Waals surface area contributed by atoms with Crippen LogP contribution < -0.4 is 5.73 Å². The van der Waals surface area contributed by atoms with Crippen molar-refractivity contribution in [1.29, 1.82) is 0 Å². The Labute approximate surface area is 148 Å². The van der Waals surface area contributed by atoms with Crippen LogP contribution in [0.5, 0.6) is 0 Å². The minimum absolute atomic E-state index is 0.116. The molecule has 0 aromatic heterocycles. The third-order valence-corrected chi connectivity index (χ3v) is 5.67. The lowest BCUT2D eigenvalue weighted by Gasteiger charge is -2.28. The Morgan fingerprint density at radius 1 is 1.16 bits per heavy atom. The van der Waals surface area contributed by atoms with Gasteiger partial charge in [0.05, 0.1) is 17.4 Å². The van der Waals surface area contributed by atoms with Crippen LogP contribution in [0.2, 0.25) is 0 Å². The minimum Gasteiger partial charge on any atom is -0.398 e. The largest absolute Gasteiger partial charge is 0.398 e. The zero-order valence-electron chi connectivity index (χ0n) is 14.6. The molecule has 0 fully saturated rings. The van der Waals surface area contributed by atoms with Gasteiger partial charge in [-0.25, -0.2) is 8.42 Å². The Balaban J connectivity index is 2.06. The molecule has 0 aliphatic carbocycles. The van der Waals surface area contributed by atoms with Crippen LogP contribution in [0.4, 0.5) is 5.69 Å². The van der Waals surface area contributed by atoms with Gasteiger partial charge in [0, 0.05) is 18.5 Å². The number of nitrogen functional groups attached to an aromatic ring is 1. The summed E-state index contributed by atoms with van der Waals surface area (Å²) >= 11 is 0. The van der Waals surface area contributed by atoms with Crippen molar-refractivity contribution >= 4 is 21.4 Å². The molecule has 2 aromatic carbocycles. The number of sulfone groups is 1. The van der Waals surface area contributed by atoms with E-state index in [0.29, 0.717) is 17.8 Å². The van der Waals surface area contributed by atoms with Crippen molar-refractivity contribution in [2.24, 2.45) is 0 Å². The molecule has 25 heavy (non-hydrogen) atoms. The Morgan fingerprint density at radius 2 is 1.88 bits per heavy atom. The molecule has 0 saturated carbocycles. The van der Waals surface area contributed by atoms with Gasteiger partial charge in [0.15, 0.2) is 0 Å². The number of nitrogens with zero attached hydrogens (tertiary/aromatic N) is 1. The first-order valence-corrected chi connectivity index (χ1v) is 10.2. The molecule has 1 amide bonds. The van der Waals surface area contributed by atoms with Gasteiger partial charge >= 0.3 is 0 Å². The van der Waals surface area contributed by atoms with Gasteiger partial charge in [0.2, 0.25) is 0 Å². The second-order valence-corrected chi connectivity index (χ2v) is 8.95. The van der Waals surface area contributed by atoms with Crippen molar-refractivity contribution in [3.05, 3.63) is 64.2 Å². The summed E-state index contributed by atoms with van der Waals surface area (Å²) in [5.74, 6) is -0.324. The molecule has 0 radical (unpaired) electrons. The Bertz CT molecular complexity index is 951. The first-order valence-electron chi connectivity index (χ1n) is 8.10. The van der Waals surface area contributed by atoms with Gasteiger partial charge < -0.3 is 10.6 Å². The van der Waals surface area contributed by atoms with E-state index in [1.165, 1.54) is 6.26 Å². The van der Waals surface area contributed by atoms with E-state index in [2.05, 4.69) is 0 Å². The van der Waals surface area contributed by atoms with Crippen molar-refractivity contribution in [2.75, 3.05) is 17.7 Å². The van der Waals surface area contributed by atoms with E-state index in [4.69, 9.17) is 5.73 Å². The maximum Gasteiger partial charge on any atom is 0.257 e. The average molecular weight is 358 g/mol. The van der Waals surface area contributed by atoms with Crippen molar-refractivity contribution in [1.82, 2.24) is 4.90 Å². The number of carbonyl (C=O) groups excluding carboxylic acids is 1. The van der Waals surface area contributed by atoms with E-state index < -0.39 is 15.9 Å². The maximum absolute atomic E-state index is 12.9. The quantitative estimate of drug-likeness (QED) is 0.852. The highest BCUT2D eigenvalue weighted by Crippen LogP contribution is 2.35. The van der Waals surface area contributed by atoms with E-state index in [0.717, 1.165) is 22.3 Å². The van der Waals surface area contributed by atoms with E-state index in [9.17, 15) is 13.2 Å². The van der Waals surface area contributed by atoms with Crippen molar-refractivity contribution < 1.29 is 13.2 Å². The van der Waals surface area contributed by atoms with Gasteiger partial charge in [-0.05, 0) is 42.2 Å². The summed E-state index contributed by atoms with van der Waals surface area (Å²) in [6.45, 7) is 4.35. The summed E-state index contributed by atoms with van der Waals surface area (Å²) in [6, 6.07) is 10.7. The van der Waals surface area contributed by atoms with Crippen LogP contribution >= 0.6 is 0 Å². The molecular weight excluding hydrogens is 336 g/mol. The summed E-state index contributed by atoms with van der Waals surface area (Å²) in [7, 11) is -3.28. The van der Waals surface area contributed by atoms with E-state index in [1.54, 1.807) is 11.0 Å². The number of nitrogens with two attached hydrogens (primary N) is 1. The molecule has 3 rings (SSSR count). The van der Waals surface area contributed by atoms with Gasteiger partial charge in [-0.15, -0.1) is 0 Å². The van der Waals surface area contributed by atoms with Gasteiger partial charge in [0.25, 0.3) is 5.91 Å². The zero-order chi connectivity index (χ0) is 18.4. The number of hydrogen-bond donors (Lipinski definition) is 1. The average Bonchev–Trinajstić information content (AvgIpc) is 2.85. The van der Waals surface area contributed by atoms with Gasteiger partial charge in [0.1, 0.15) is 9.84 Å². The smallest absolute Gasteiger partial charge is 0.257 e. The number of fused-ring (bicyclic) bond motifs is 1. The van der Waals surface area contributed by atoms with Crippen LogP contribution in [-0.2, 0) is 16.4 Å². The molecule has 1 unspecified atom stereocenters. The number of benzene rings is 2. The molecule has 132 valence electrons. The third-order valence-electron chi connectivity index (χ3n) is 4.75. The minimum atomic E-state index is -3.28. The standard InChI is InChI=1S/C19H22N2O3S/c1-12-7-8-14(9-13(12)2)17(11-25(3,23)24)21-10-15-5-4-6-16(20)18(15)19(21)22/h4-9,17H,10-11,20H2,1-3H3. The molecule has 2 N–H and O–H groups in total. The van der Waals surface area contributed by atoms with Crippen LogP contribution in [0.25, 0.3) is 0 Å². The highest BCUT2D eigenvalue weighted by atomic mass is 32.2. The summed E-state index contributed by atoms with van der Waals surface area (Å²) in [5, 5.41) is 0. The molecule has 1 aliphatic rings. The highest BCUT2D eigenvalue weighted by molar-refractivity contribution is 7.90. The molecule has 0 spiro atoms. The Kier molecular flexibility index (Phi) is 4.33. The lowest BCUT2D eigenvalue weighted by atomic mass is 10.0. The predicted octanol–water partition coefficient (Wildman–Crippen LogP) is 2.63. The first kappa shape index (κ1) is 17.5. The first-order chi connectivity index (χ1) is 11.7. The van der Waals surface area contributed by atoms with Crippen LogP contribution in [-0.4, -0.2) is 31.2 Å². The number of amides is 1. The van der Waals surface area contributed by atoms with Crippen LogP contribution in [0.15, 0.2) is 36.4 Å². The zero-order valence-corrected chi connectivity index (χ0v) is 15.4. The highest BCUT2D eigenvalue weighted by Gasteiger charge is 2.36. The summed E-state index contributed by atoms with van der Waals surface area (Å²) in [5.41, 5.74) is 10.8. The second kappa shape index (κ2) is 6.19. The number of hydrogen-bond acceptors (Lipinski definition) is 4. The van der Waals surface area contributed by atoms with Crippen LogP contribution in [0.1, 0.15) is 38.7 Å². The molecule has 6 heteroatoms. The number of aryl methyl sites for hydroxylation is 2. The van der Waals surface area contributed by atoms with Crippen LogP contribution in [0, 0.1) is 13.8 Å². The van der Waals surface area contributed by atoms with E-state index in [-0.39, 0.29) is 11.7 Å². The molecule has 1 aliphatic heterocycles. The lowest BCUT2D eigenvalue weighted by molar-refractivity contribution is 0.0719. The van der Waals surface area contributed by atoms with Gasteiger partial charge in [-0.1, -0.05) is 30.3 Å². The topological polar surface area (TPSA) is 80.5 Å². The summed E-state index contributed by atoms with van der Waals surface area (Å²) < 4.78 is 24.0. The molecule has 0 saturated heterocycles. The van der Waals surface area contributed by atoms with Gasteiger partial charge in [-0.3, -0.25) is 4.79 Å². The van der Waals surface area contributed by atoms with Crippen molar-refractivity contribution in [3.63, 3.8) is 0 Å². The number of rotatable bonds is 4. The lowest BCUT2D eigenvalue weighted by Crippen LogP contribution is -2.34. The van der Waals surface area contributed by atoms with Crippen molar-refractivity contribution in [3.8, 4) is 0 Å². The molecule has 1 atom stereocenters. The number of anilines is 1. The molecule has 1 heterocycles. The Hall–Kier alpha value is -2.34. The van der Waals surface area contributed by atoms with Crippen molar-refractivity contribution in [2.45, 2.75) is 26.4 Å². The third kappa shape index (κ3) is 3.39. The molecule has 5 nitrogen and oxygen atoms in total. The summed E-state index contributed by atoms with van der Waals surface area (Å²) in [6.07, 6.45) is 1.20. The normalized spacial score (nSPS) is 15.3. The molecular formula is C19H22N2O3S. The fourth-order valence-corrected chi connectivity index (χ4v) is 4.23. The Morgan fingerprint density at radius 3 is 2.48 bits per heavy atom.